The Hall–Kier alpha value is -1.82. The first-order valence-corrected chi connectivity index (χ1v) is 5.66. The van der Waals surface area contributed by atoms with Crippen LogP contribution in [0.3, 0.4) is 0 Å². The fourth-order valence-electron chi connectivity index (χ4n) is 1.47. The molecule has 2 rings (SSSR count). The molecule has 1 aromatic rings. The fraction of sp³-hybridized carbons (Fsp3) is 0.364. The first-order valence-electron chi connectivity index (χ1n) is 5.29. The Bertz CT molecular complexity index is 450. The van der Waals surface area contributed by atoms with E-state index in [2.05, 4.69) is 20.4 Å². The monoisotopic (exact) mass is 270 g/mol. The van der Waals surface area contributed by atoms with Crippen LogP contribution in [0, 0.1) is 0 Å². The number of rotatable bonds is 1. The van der Waals surface area contributed by atoms with E-state index in [4.69, 9.17) is 17.3 Å². The highest BCUT2D eigenvalue weighted by Crippen LogP contribution is 2.28. The Labute approximate surface area is 110 Å². The molecule has 1 aliphatic rings. The molecular weight excluding hydrogens is 256 g/mol. The van der Waals surface area contributed by atoms with E-state index in [1.807, 2.05) is 6.07 Å². The number of aromatic nitrogens is 1. The van der Waals surface area contributed by atoms with Crippen molar-refractivity contribution < 1.29 is 9.53 Å². The van der Waals surface area contributed by atoms with Crippen LogP contribution in [-0.2, 0) is 4.74 Å². The zero-order valence-corrected chi connectivity index (χ0v) is 10.7. The predicted octanol–water partition coefficient (Wildman–Crippen LogP) is 1.64. The Morgan fingerprint density at radius 3 is 2.67 bits per heavy atom. The van der Waals surface area contributed by atoms with Gasteiger partial charge in [-0.25, -0.2) is 4.79 Å². The lowest BCUT2D eigenvalue weighted by Crippen LogP contribution is -2.08. The number of amidine groups is 1. The largest absolute Gasteiger partial charge is 0.453 e. The summed E-state index contributed by atoms with van der Waals surface area (Å²) < 4.78 is 3.89. The molecule has 98 valence electrons. The molecule has 0 aromatic carbocycles. The van der Waals surface area contributed by atoms with Crippen molar-refractivity contribution in [2.75, 3.05) is 7.11 Å². The first kappa shape index (κ1) is 14.2. The lowest BCUT2D eigenvalue weighted by molar-refractivity contribution is 0.182. The molecule has 0 fully saturated rings. The van der Waals surface area contributed by atoms with Gasteiger partial charge < -0.3 is 16.2 Å². The van der Waals surface area contributed by atoms with E-state index in [9.17, 15) is 4.79 Å². The van der Waals surface area contributed by atoms with Crippen molar-refractivity contribution in [3.63, 3.8) is 0 Å². The molecular formula is C11H15ClN4O2. The minimum Gasteiger partial charge on any atom is -0.453 e. The molecule has 7 heteroatoms. The van der Waals surface area contributed by atoms with Gasteiger partial charge in [0.1, 0.15) is 0 Å². The summed E-state index contributed by atoms with van der Waals surface area (Å²) in [5, 5.41) is 0.651. The van der Waals surface area contributed by atoms with Crippen LogP contribution in [-0.4, -0.2) is 24.0 Å². The van der Waals surface area contributed by atoms with Crippen molar-refractivity contribution in [3.8, 4) is 0 Å². The SMILES string of the molecule is COC(N)=O.NC1=NC(c2cncc(Cl)c2)CC1. The molecule has 0 aliphatic carbocycles. The second-order valence-electron chi connectivity index (χ2n) is 3.63. The number of primary amides is 1. The highest BCUT2D eigenvalue weighted by atomic mass is 35.5. The Kier molecular flexibility index (Phi) is 5.38. The van der Waals surface area contributed by atoms with Crippen LogP contribution in [0.25, 0.3) is 0 Å². The van der Waals surface area contributed by atoms with E-state index in [0.29, 0.717) is 5.02 Å². The molecule has 0 saturated carbocycles. The third kappa shape index (κ3) is 4.58. The predicted molar refractivity (Wildman–Crippen MR) is 69.4 cm³/mol. The molecule has 4 N–H and O–H groups in total. The molecule has 6 nitrogen and oxygen atoms in total. The number of aliphatic imine (C=N–C) groups is 1. The summed E-state index contributed by atoms with van der Waals surface area (Å²) in [5.41, 5.74) is 11.1. The van der Waals surface area contributed by atoms with Crippen LogP contribution in [0.4, 0.5) is 4.79 Å². The van der Waals surface area contributed by atoms with Crippen LogP contribution in [0.1, 0.15) is 24.4 Å². The Morgan fingerprint density at radius 1 is 1.56 bits per heavy atom. The third-order valence-electron chi connectivity index (χ3n) is 2.31. The molecule has 0 bridgehead atoms. The van der Waals surface area contributed by atoms with Gasteiger partial charge in [0.25, 0.3) is 0 Å². The van der Waals surface area contributed by atoms with E-state index in [0.717, 1.165) is 24.2 Å². The maximum absolute atomic E-state index is 9.37. The van der Waals surface area contributed by atoms with E-state index < -0.39 is 6.09 Å². The highest BCUT2D eigenvalue weighted by Gasteiger charge is 2.17. The maximum Gasteiger partial charge on any atom is 0.404 e. The lowest BCUT2D eigenvalue weighted by Gasteiger charge is -2.05. The maximum atomic E-state index is 9.37. The summed E-state index contributed by atoms with van der Waals surface area (Å²) in [6, 6.07) is 2.05. The summed E-state index contributed by atoms with van der Waals surface area (Å²) in [5.74, 6) is 0.727. The number of carbonyl (C=O) groups is 1. The van der Waals surface area contributed by atoms with Gasteiger partial charge in [-0.15, -0.1) is 0 Å². The molecule has 1 unspecified atom stereocenters. The van der Waals surface area contributed by atoms with Crippen LogP contribution >= 0.6 is 11.6 Å². The van der Waals surface area contributed by atoms with Gasteiger partial charge in [-0.05, 0) is 18.1 Å². The number of halogens is 1. The summed E-state index contributed by atoms with van der Waals surface area (Å²) in [7, 11) is 1.22. The van der Waals surface area contributed by atoms with Crippen LogP contribution < -0.4 is 11.5 Å². The van der Waals surface area contributed by atoms with Gasteiger partial charge in [-0.1, -0.05) is 11.6 Å². The molecule has 18 heavy (non-hydrogen) atoms. The second kappa shape index (κ2) is 6.80. The van der Waals surface area contributed by atoms with Crippen molar-refractivity contribution >= 4 is 23.5 Å². The van der Waals surface area contributed by atoms with Crippen LogP contribution in [0.2, 0.25) is 5.02 Å². The Morgan fingerprint density at radius 2 is 2.22 bits per heavy atom. The first-order chi connectivity index (χ1) is 8.52. The van der Waals surface area contributed by atoms with Gasteiger partial charge >= 0.3 is 6.09 Å². The molecule has 2 heterocycles. The molecule has 1 amide bonds. The molecule has 1 aromatic heterocycles. The molecule has 0 saturated heterocycles. The van der Waals surface area contributed by atoms with Gasteiger partial charge in [0.15, 0.2) is 0 Å². The summed E-state index contributed by atoms with van der Waals surface area (Å²) >= 11 is 5.82. The summed E-state index contributed by atoms with van der Waals surface area (Å²) in [6.45, 7) is 0. The standard InChI is InChI=1S/C9H10ClN3.C2H5NO2/c10-7-3-6(4-12-5-7)8-1-2-9(11)13-8;1-5-2(3)4/h3-5,8H,1-2H2,(H2,11,13);1H3,(H2,3,4). The molecule has 0 radical (unpaired) electrons. The second-order valence-corrected chi connectivity index (χ2v) is 4.07. The summed E-state index contributed by atoms with van der Waals surface area (Å²) in [6.07, 6.45) is 4.50. The Balaban J connectivity index is 0.000000280. The van der Waals surface area contributed by atoms with Crippen LogP contribution in [0.5, 0.6) is 0 Å². The van der Waals surface area contributed by atoms with E-state index in [-0.39, 0.29) is 6.04 Å². The van der Waals surface area contributed by atoms with Crippen molar-refractivity contribution in [1.29, 1.82) is 0 Å². The van der Waals surface area contributed by atoms with E-state index >= 15 is 0 Å². The van der Waals surface area contributed by atoms with Gasteiger partial charge in [-0.2, -0.15) is 0 Å². The normalized spacial score (nSPS) is 17.4. The number of ether oxygens (including phenoxy) is 1. The number of hydrogen-bond acceptors (Lipinski definition) is 5. The number of nitrogens with zero attached hydrogens (tertiary/aromatic N) is 2. The van der Waals surface area contributed by atoms with Gasteiger partial charge in [0.05, 0.1) is 24.0 Å². The number of pyridine rings is 1. The smallest absolute Gasteiger partial charge is 0.404 e. The van der Waals surface area contributed by atoms with Crippen molar-refractivity contribution in [1.82, 2.24) is 4.98 Å². The fourth-order valence-corrected chi connectivity index (χ4v) is 1.65. The molecule has 1 atom stereocenters. The minimum atomic E-state index is -0.745. The average molecular weight is 271 g/mol. The molecule has 1 aliphatic heterocycles. The quantitative estimate of drug-likeness (QED) is 0.809. The average Bonchev–Trinajstić information content (AvgIpc) is 2.77. The topological polar surface area (TPSA) is 104 Å². The zero-order chi connectivity index (χ0) is 13.5. The highest BCUT2D eigenvalue weighted by molar-refractivity contribution is 6.30. The number of amides is 1. The van der Waals surface area contributed by atoms with E-state index in [1.165, 1.54) is 7.11 Å². The van der Waals surface area contributed by atoms with Crippen molar-refractivity contribution in [3.05, 3.63) is 29.0 Å². The summed E-state index contributed by atoms with van der Waals surface area (Å²) in [4.78, 5) is 17.7. The molecule has 0 spiro atoms. The van der Waals surface area contributed by atoms with Gasteiger partial charge in [0.2, 0.25) is 0 Å². The van der Waals surface area contributed by atoms with Crippen molar-refractivity contribution in [2.24, 2.45) is 16.5 Å². The number of carbonyl (C=O) groups excluding carboxylic acids is 1. The minimum absolute atomic E-state index is 0.159. The zero-order valence-electron chi connectivity index (χ0n) is 9.97. The number of nitrogens with two attached hydrogens (primary N) is 2. The van der Waals surface area contributed by atoms with E-state index in [1.54, 1.807) is 12.4 Å². The van der Waals surface area contributed by atoms with Gasteiger partial charge in [0, 0.05) is 18.8 Å². The number of methoxy groups -OCH3 is 1. The van der Waals surface area contributed by atoms with Gasteiger partial charge in [-0.3, -0.25) is 9.98 Å². The third-order valence-corrected chi connectivity index (χ3v) is 2.51. The lowest BCUT2D eigenvalue weighted by atomic mass is 10.1. The number of hydrogen-bond donors (Lipinski definition) is 2. The van der Waals surface area contributed by atoms with Crippen molar-refractivity contribution in [2.45, 2.75) is 18.9 Å². The van der Waals surface area contributed by atoms with Crippen LogP contribution in [0.15, 0.2) is 23.5 Å².